The van der Waals surface area contributed by atoms with Crippen molar-refractivity contribution in [3.05, 3.63) is 0 Å². The van der Waals surface area contributed by atoms with Crippen LogP contribution in [0.1, 0.15) is 25.7 Å². The highest BCUT2D eigenvalue weighted by molar-refractivity contribution is 5.33. The quantitative estimate of drug-likeness (QED) is 0.540. The third-order valence-corrected chi connectivity index (χ3v) is 4.45. The zero-order valence-corrected chi connectivity index (χ0v) is 6.88. The minimum atomic E-state index is -0.225. The van der Waals surface area contributed by atoms with E-state index in [1.54, 1.807) is 0 Å². The Hall–Kier alpha value is -1.02. The van der Waals surface area contributed by atoms with Crippen molar-refractivity contribution in [3.63, 3.8) is 0 Å². The minimum Gasteiger partial charge on any atom is -0.198 e. The first-order valence-corrected chi connectivity index (χ1v) is 4.58. The van der Waals surface area contributed by atoms with Gasteiger partial charge in [-0.15, -0.1) is 0 Å². The molecule has 4 rings (SSSR count). The van der Waals surface area contributed by atoms with Crippen molar-refractivity contribution in [1.82, 2.24) is 0 Å². The lowest BCUT2D eigenvalue weighted by Gasteiger charge is -2.27. The average molecular weight is 158 g/mol. The zero-order valence-electron chi connectivity index (χ0n) is 6.88. The van der Waals surface area contributed by atoms with E-state index in [1.165, 1.54) is 0 Å². The average Bonchev–Trinajstić information content (AvgIpc) is 2.72. The molecule has 0 saturated heterocycles. The molecule has 12 heavy (non-hydrogen) atoms. The monoisotopic (exact) mass is 158 g/mol. The molecular weight excluding hydrogens is 148 g/mol. The number of nitrogens with zero attached hydrogens (tertiary/aromatic N) is 2. The van der Waals surface area contributed by atoms with E-state index in [-0.39, 0.29) is 10.8 Å². The molecule has 4 fully saturated rings. The molecule has 0 spiro atoms. The molecule has 0 atom stereocenters. The summed E-state index contributed by atoms with van der Waals surface area (Å²) in [7, 11) is 0. The smallest absolute Gasteiger partial charge is 0.0765 e. The zero-order chi connectivity index (χ0) is 8.40. The molecule has 0 heterocycles. The first-order valence-electron chi connectivity index (χ1n) is 4.58. The molecule has 4 aliphatic rings. The van der Waals surface area contributed by atoms with Gasteiger partial charge in [0.2, 0.25) is 0 Å². The van der Waals surface area contributed by atoms with Gasteiger partial charge in [0, 0.05) is 0 Å². The van der Waals surface area contributed by atoms with Crippen LogP contribution in [-0.4, -0.2) is 0 Å². The van der Waals surface area contributed by atoms with Crippen molar-refractivity contribution in [2.45, 2.75) is 25.7 Å². The summed E-state index contributed by atoms with van der Waals surface area (Å²) in [5, 5.41) is 18.3. The Morgan fingerprint density at radius 2 is 1.17 bits per heavy atom. The lowest BCUT2D eigenvalue weighted by Crippen LogP contribution is -2.29. The van der Waals surface area contributed by atoms with Gasteiger partial charge in [-0.1, -0.05) is 0 Å². The van der Waals surface area contributed by atoms with Gasteiger partial charge in [0.25, 0.3) is 0 Å². The minimum absolute atomic E-state index is 0.225. The van der Waals surface area contributed by atoms with Gasteiger partial charge in [-0.3, -0.25) is 0 Å². The summed E-state index contributed by atoms with van der Waals surface area (Å²) in [5.41, 5.74) is -0.450. The maximum atomic E-state index is 9.14. The summed E-state index contributed by atoms with van der Waals surface area (Å²) in [6.07, 6.45) is 4.06. The summed E-state index contributed by atoms with van der Waals surface area (Å²) < 4.78 is 0. The van der Waals surface area contributed by atoms with Gasteiger partial charge in [0.15, 0.2) is 0 Å². The Balaban J connectivity index is 2.21. The van der Waals surface area contributed by atoms with Crippen molar-refractivity contribution in [3.8, 4) is 12.1 Å². The molecule has 0 N–H and O–H groups in total. The maximum Gasteiger partial charge on any atom is 0.0765 e. The Labute approximate surface area is 71.8 Å². The van der Waals surface area contributed by atoms with Gasteiger partial charge < -0.3 is 0 Å². The molecule has 0 aromatic heterocycles. The van der Waals surface area contributed by atoms with E-state index in [1.807, 2.05) is 0 Å². The van der Waals surface area contributed by atoms with Crippen LogP contribution in [0, 0.1) is 45.3 Å². The van der Waals surface area contributed by atoms with Gasteiger partial charge in [0.05, 0.1) is 23.0 Å². The summed E-state index contributed by atoms with van der Waals surface area (Å²) in [6, 6.07) is 4.86. The van der Waals surface area contributed by atoms with Crippen molar-refractivity contribution >= 4 is 0 Å². The molecule has 0 aromatic rings. The number of hydrogen-bond donors (Lipinski definition) is 0. The van der Waals surface area contributed by atoms with E-state index in [0.29, 0.717) is 11.8 Å². The van der Waals surface area contributed by atoms with Gasteiger partial charge in [-0.2, -0.15) is 10.5 Å². The van der Waals surface area contributed by atoms with E-state index in [0.717, 1.165) is 25.7 Å². The second-order valence-corrected chi connectivity index (χ2v) is 4.72. The van der Waals surface area contributed by atoms with Crippen LogP contribution in [0.15, 0.2) is 0 Å². The van der Waals surface area contributed by atoms with Crippen LogP contribution in [-0.2, 0) is 0 Å². The molecule has 2 nitrogen and oxygen atoms in total. The third-order valence-electron chi connectivity index (χ3n) is 4.45. The van der Waals surface area contributed by atoms with Crippen LogP contribution in [0.5, 0.6) is 0 Å². The van der Waals surface area contributed by atoms with Crippen LogP contribution < -0.4 is 0 Å². The molecule has 4 bridgehead atoms. The van der Waals surface area contributed by atoms with Crippen LogP contribution in [0.4, 0.5) is 0 Å². The molecule has 4 aliphatic carbocycles. The largest absolute Gasteiger partial charge is 0.198 e. The highest BCUT2D eigenvalue weighted by Gasteiger charge is 2.72. The molecule has 0 amide bonds. The van der Waals surface area contributed by atoms with Crippen LogP contribution in [0.3, 0.4) is 0 Å². The van der Waals surface area contributed by atoms with Crippen molar-refractivity contribution < 1.29 is 0 Å². The second-order valence-electron chi connectivity index (χ2n) is 4.72. The highest BCUT2D eigenvalue weighted by Crippen LogP contribution is 2.76. The molecule has 2 heteroatoms. The standard InChI is InChI=1S/C10H10N2/c11-5-9-1-7-2-10(9,6-12)4-8(7)3-9/h7-8H,1-4H2. The van der Waals surface area contributed by atoms with Gasteiger partial charge in [-0.25, -0.2) is 0 Å². The number of nitriles is 2. The Bertz CT molecular complexity index is 285. The summed E-state index contributed by atoms with van der Waals surface area (Å²) in [6.45, 7) is 0. The van der Waals surface area contributed by atoms with Crippen molar-refractivity contribution in [2.75, 3.05) is 0 Å². The van der Waals surface area contributed by atoms with Gasteiger partial charge >= 0.3 is 0 Å². The fourth-order valence-electron chi connectivity index (χ4n) is 3.95. The normalized spacial score (nSPS) is 58.8. The first-order chi connectivity index (χ1) is 5.75. The number of hydrogen-bond acceptors (Lipinski definition) is 2. The van der Waals surface area contributed by atoms with E-state index in [4.69, 9.17) is 10.5 Å². The second kappa shape index (κ2) is 1.52. The summed E-state index contributed by atoms with van der Waals surface area (Å²) >= 11 is 0. The predicted molar refractivity (Wildman–Crippen MR) is 41.5 cm³/mol. The van der Waals surface area contributed by atoms with Crippen LogP contribution >= 0.6 is 0 Å². The Morgan fingerprint density at radius 3 is 1.42 bits per heavy atom. The van der Waals surface area contributed by atoms with Crippen LogP contribution in [0.25, 0.3) is 0 Å². The number of rotatable bonds is 0. The van der Waals surface area contributed by atoms with Crippen LogP contribution in [0.2, 0.25) is 0 Å². The maximum absolute atomic E-state index is 9.14. The van der Waals surface area contributed by atoms with Gasteiger partial charge in [0.1, 0.15) is 0 Å². The predicted octanol–water partition coefficient (Wildman–Crippen LogP) is 1.84. The summed E-state index contributed by atoms with van der Waals surface area (Å²) in [5.74, 6) is 1.42. The lowest BCUT2D eigenvalue weighted by molar-refractivity contribution is 0.253. The fraction of sp³-hybridized carbons (Fsp3) is 0.800. The highest BCUT2D eigenvalue weighted by atomic mass is 14.7. The van der Waals surface area contributed by atoms with E-state index in [9.17, 15) is 0 Å². The molecule has 60 valence electrons. The van der Waals surface area contributed by atoms with Gasteiger partial charge in [-0.05, 0) is 37.5 Å². The van der Waals surface area contributed by atoms with E-state index >= 15 is 0 Å². The Morgan fingerprint density at radius 1 is 0.833 bits per heavy atom. The lowest BCUT2D eigenvalue weighted by atomic mass is 9.70. The molecular formula is C10H10N2. The van der Waals surface area contributed by atoms with Crippen molar-refractivity contribution in [2.24, 2.45) is 22.7 Å². The third kappa shape index (κ3) is 0.396. The molecule has 0 radical (unpaired) electrons. The SMILES string of the molecule is N#CC12CC3CC1(C#N)CC3C2. The Kier molecular flexibility index (Phi) is 0.824. The molecule has 4 saturated carbocycles. The van der Waals surface area contributed by atoms with Crippen molar-refractivity contribution in [1.29, 1.82) is 10.5 Å². The molecule has 0 aromatic carbocycles. The van der Waals surface area contributed by atoms with E-state index < -0.39 is 0 Å². The topological polar surface area (TPSA) is 47.6 Å². The molecule has 0 aliphatic heterocycles. The fourth-order valence-corrected chi connectivity index (χ4v) is 3.95. The first kappa shape index (κ1) is 6.49. The summed E-state index contributed by atoms with van der Waals surface area (Å²) in [4.78, 5) is 0. The van der Waals surface area contributed by atoms with E-state index in [2.05, 4.69) is 12.1 Å². The molecule has 0 unspecified atom stereocenters.